The molecule has 8 aromatic rings. The summed E-state index contributed by atoms with van der Waals surface area (Å²) in [7, 11) is 0. The van der Waals surface area contributed by atoms with Gasteiger partial charge in [-0.3, -0.25) is 4.57 Å². The molecule has 8 rings (SSSR count). The van der Waals surface area contributed by atoms with Crippen LogP contribution in [-0.2, 0) is 0 Å². The van der Waals surface area contributed by atoms with Crippen LogP contribution >= 0.6 is 0 Å². The van der Waals surface area contributed by atoms with Crippen molar-refractivity contribution in [3.8, 4) is 51.0 Å². The first-order valence-electron chi connectivity index (χ1n) is 14.4. The van der Waals surface area contributed by atoms with Crippen molar-refractivity contribution in [2.75, 3.05) is 0 Å². The summed E-state index contributed by atoms with van der Waals surface area (Å²) in [5, 5.41) is 2.33. The number of aromatic nitrogens is 4. The third-order valence-electron chi connectivity index (χ3n) is 7.84. The van der Waals surface area contributed by atoms with Crippen LogP contribution in [0.3, 0.4) is 0 Å². The van der Waals surface area contributed by atoms with Crippen LogP contribution in [0, 0.1) is 0 Å². The predicted molar refractivity (Wildman–Crippen MR) is 176 cm³/mol. The summed E-state index contributed by atoms with van der Waals surface area (Å²) >= 11 is 0. The second-order valence-corrected chi connectivity index (χ2v) is 10.5. The second-order valence-electron chi connectivity index (χ2n) is 10.5. The predicted octanol–water partition coefficient (Wildman–Crippen LogP) is 9.64. The van der Waals surface area contributed by atoms with E-state index in [1.165, 1.54) is 10.8 Å². The third-order valence-corrected chi connectivity index (χ3v) is 7.84. The molecule has 0 fully saturated rings. The molecule has 4 heteroatoms. The maximum atomic E-state index is 5.18. The summed E-state index contributed by atoms with van der Waals surface area (Å²) in [6, 6.07) is 54.5. The van der Waals surface area contributed by atoms with E-state index in [0.717, 1.165) is 44.4 Å². The lowest BCUT2D eigenvalue weighted by atomic mass is 9.96. The average Bonchev–Trinajstić information content (AvgIpc) is 3.43. The first kappa shape index (κ1) is 24.9. The fraction of sp³-hybridized carbons (Fsp3) is 0. The van der Waals surface area contributed by atoms with E-state index in [4.69, 9.17) is 15.0 Å². The lowest BCUT2D eigenvalue weighted by molar-refractivity contribution is 0.953. The number of nitrogens with zero attached hydrogens (tertiary/aromatic N) is 4. The van der Waals surface area contributed by atoms with Gasteiger partial charge in [0.1, 0.15) is 0 Å². The largest absolute Gasteiger partial charge is 0.278 e. The highest BCUT2D eigenvalue weighted by Gasteiger charge is 2.18. The Morgan fingerprint density at radius 2 is 0.721 bits per heavy atom. The van der Waals surface area contributed by atoms with Crippen LogP contribution in [0.4, 0.5) is 0 Å². The van der Waals surface area contributed by atoms with Gasteiger partial charge in [0.05, 0.1) is 11.0 Å². The molecule has 0 saturated carbocycles. The Bertz CT molecular complexity index is 2110. The quantitative estimate of drug-likeness (QED) is 0.214. The Kier molecular flexibility index (Phi) is 6.08. The Morgan fingerprint density at radius 3 is 1.23 bits per heavy atom. The van der Waals surface area contributed by atoms with Crippen molar-refractivity contribution >= 4 is 21.8 Å². The molecule has 0 bridgehead atoms. The van der Waals surface area contributed by atoms with Gasteiger partial charge in [-0.2, -0.15) is 9.97 Å². The van der Waals surface area contributed by atoms with Crippen LogP contribution in [0.25, 0.3) is 72.8 Å². The Morgan fingerprint density at radius 1 is 0.326 bits per heavy atom. The molecule has 0 saturated heterocycles. The molecule has 4 nitrogen and oxygen atoms in total. The molecule has 0 N–H and O–H groups in total. The molecule has 0 radical (unpaired) electrons. The van der Waals surface area contributed by atoms with E-state index in [0.29, 0.717) is 17.6 Å². The summed E-state index contributed by atoms with van der Waals surface area (Å²) in [6.07, 6.45) is 0. The van der Waals surface area contributed by atoms with E-state index in [2.05, 4.69) is 120 Å². The number of rotatable bonds is 5. The number of benzene rings is 6. The van der Waals surface area contributed by atoms with Crippen molar-refractivity contribution in [2.24, 2.45) is 0 Å². The van der Waals surface area contributed by atoms with E-state index < -0.39 is 0 Å². The van der Waals surface area contributed by atoms with E-state index in [9.17, 15) is 0 Å². The van der Waals surface area contributed by atoms with Gasteiger partial charge >= 0.3 is 0 Å². The van der Waals surface area contributed by atoms with Crippen LogP contribution in [-0.4, -0.2) is 19.5 Å². The zero-order valence-corrected chi connectivity index (χ0v) is 23.3. The van der Waals surface area contributed by atoms with Crippen LogP contribution in [0.15, 0.2) is 158 Å². The molecule has 202 valence electrons. The smallest absolute Gasteiger partial charge is 0.238 e. The van der Waals surface area contributed by atoms with Crippen molar-refractivity contribution in [1.29, 1.82) is 0 Å². The highest BCUT2D eigenvalue weighted by Crippen LogP contribution is 2.35. The normalized spacial score (nSPS) is 11.3. The standard InChI is InChI=1S/C39H26N4/c1-4-14-27(15-5-1)30-24-31(28-16-6-2-7-17-28)26-32(25-30)38-40-37(29-18-8-3-9-19-29)41-39(42-38)43-35-22-12-10-20-33(35)34-21-11-13-23-36(34)43/h1-26H. The molecule has 0 atom stereocenters. The molecule has 2 aromatic heterocycles. The summed E-state index contributed by atoms with van der Waals surface area (Å²) in [5.74, 6) is 1.85. The monoisotopic (exact) mass is 550 g/mol. The van der Waals surface area contributed by atoms with Crippen molar-refractivity contribution < 1.29 is 0 Å². The van der Waals surface area contributed by atoms with Crippen molar-refractivity contribution in [2.45, 2.75) is 0 Å². The maximum Gasteiger partial charge on any atom is 0.238 e. The fourth-order valence-electron chi connectivity index (χ4n) is 5.80. The highest BCUT2D eigenvalue weighted by atomic mass is 15.2. The van der Waals surface area contributed by atoms with Crippen molar-refractivity contribution in [3.63, 3.8) is 0 Å². The Hall–Kier alpha value is -5.87. The fourth-order valence-corrected chi connectivity index (χ4v) is 5.80. The van der Waals surface area contributed by atoms with Gasteiger partial charge in [-0.05, 0) is 52.6 Å². The molecule has 0 spiro atoms. The first-order valence-corrected chi connectivity index (χ1v) is 14.4. The van der Waals surface area contributed by atoms with Crippen LogP contribution in [0.5, 0.6) is 0 Å². The van der Waals surface area contributed by atoms with Crippen molar-refractivity contribution in [3.05, 3.63) is 158 Å². The Balaban J connectivity index is 1.42. The van der Waals surface area contributed by atoms with Gasteiger partial charge in [0, 0.05) is 21.9 Å². The van der Waals surface area contributed by atoms with E-state index in [1.54, 1.807) is 0 Å². The lowest BCUT2D eigenvalue weighted by Crippen LogP contribution is -2.06. The van der Waals surface area contributed by atoms with E-state index in [-0.39, 0.29) is 0 Å². The molecular formula is C39H26N4. The zero-order valence-electron chi connectivity index (χ0n) is 23.3. The number of para-hydroxylation sites is 2. The number of fused-ring (bicyclic) bond motifs is 3. The number of hydrogen-bond acceptors (Lipinski definition) is 3. The van der Waals surface area contributed by atoms with E-state index in [1.807, 2.05) is 42.5 Å². The van der Waals surface area contributed by atoms with Gasteiger partial charge in [0.2, 0.25) is 5.95 Å². The minimum atomic E-state index is 0.590. The maximum absolute atomic E-state index is 5.18. The third kappa shape index (κ3) is 4.55. The average molecular weight is 551 g/mol. The van der Waals surface area contributed by atoms with Gasteiger partial charge in [-0.15, -0.1) is 0 Å². The topological polar surface area (TPSA) is 43.6 Å². The SMILES string of the molecule is c1ccc(-c2cc(-c3ccccc3)cc(-c3nc(-c4ccccc4)nc(-n4c5ccccc5c5ccccc54)n3)c2)cc1. The van der Waals surface area contributed by atoms with Gasteiger partial charge < -0.3 is 0 Å². The van der Waals surface area contributed by atoms with Gasteiger partial charge in [0.15, 0.2) is 11.6 Å². The van der Waals surface area contributed by atoms with Crippen LogP contribution in [0.1, 0.15) is 0 Å². The summed E-state index contributed by atoms with van der Waals surface area (Å²) < 4.78 is 2.15. The van der Waals surface area contributed by atoms with Crippen molar-refractivity contribution in [1.82, 2.24) is 19.5 Å². The van der Waals surface area contributed by atoms with Crippen LogP contribution < -0.4 is 0 Å². The minimum absolute atomic E-state index is 0.590. The molecule has 0 aliphatic carbocycles. The molecule has 0 amide bonds. The summed E-state index contributed by atoms with van der Waals surface area (Å²) in [5.41, 5.74) is 8.49. The summed E-state index contributed by atoms with van der Waals surface area (Å²) in [4.78, 5) is 15.3. The number of hydrogen-bond donors (Lipinski definition) is 0. The molecule has 43 heavy (non-hydrogen) atoms. The summed E-state index contributed by atoms with van der Waals surface area (Å²) in [6.45, 7) is 0. The molecule has 6 aromatic carbocycles. The second kappa shape index (κ2) is 10.5. The lowest BCUT2D eigenvalue weighted by Gasteiger charge is -2.13. The highest BCUT2D eigenvalue weighted by molar-refractivity contribution is 6.09. The molecule has 0 aliphatic rings. The molecule has 0 unspecified atom stereocenters. The zero-order chi connectivity index (χ0) is 28.6. The first-order chi connectivity index (χ1) is 21.3. The van der Waals surface area contributed by atoms with Crippen LogP contribution in [0.2, 0.25) is 0 Å². The van der Waals surface area contributed by atoms with E-state index >= 15 is 0 Å². The minimum Gasteiger partial charge on any atom is -0.278 e. The van der Waals surface area contributed by atoms with Gasteiger partial charge in [-0.1, -0.05) is 127 Å². The van der Waals surface area contributed by atoms with Gasteiger partial charge in [-0.25, -0.2) is 4.98 Å². The molecule has 0 aliphatic heterocycles. The molecule has 2 heterocycles. The molecular weight excluding hydrogens is 524 g/mol. The Labute approximate surface area is 249 Å². The van der Waals surface area contributed by atoms with Gasteiger partial charge in [0.25, 0.3) is 0 Å².